The molecular formula is C52H83ClO17. The van der Waals surface area contributed by atoms with Crippen LogP contribution >= 0.6 is 11.6 Å². The normalized spacial score (nSPS) is 46.4. The minimum absolute atomic E-state index is 0.00966. The fraction of sp³-hybridized carbons (Fsp3) is 0.885. The van der Waals surface area contributed by atoms with E-state index < -0.39 is 114 Å². The van der Waals surface area contributed by atoms with Gasteiger partial charge in [-0.2, -0.15) is 0 Å². The number of hydrogen-bond acceptors (Lipinski definition) is 16. The second-order valence-electron chi connectivity index (χ2n) is 21.8. The minimum atomic E-state index is -1.47. The van der Waals surface area contributed by atoms with E-state index in [1.807, 2.05) is 19.1 Å². The summed E-state index contributed by atoms with van der Waals surface area (Å²) in [5.41, 5.74) is 0. The SMILES string of the molecule is CO[C@H]1CC[C@]23CC[C@H](C)[C@@H](C[C@@H](O)C[C@H](O)C[C@@H]4CCC[C@H](CC(=O)O[C@H]5C[C@@]6(O[C@H]5C/C=C/C/C=C\C[C@@H](O)C(=O)O)O[C@]5(CC[C@@H]6C)C[C@@H](OC)[C@H](Cl)[C@@H](CC[C@H](C)[C@H](O)[C@H](O)[C@H]1O2)O5)O4)O3. The van der Waals surface area contributed by atoms with Crippen LogP contribution < -0.4 is 0 Å². The number of aliphatic carboxylic acids is 1. The van der Waals surface area contributed by atoms with Crippen molar-refractivity contribution in [2.45, 2.75) is 257 Å². The summed E-state index contributed by atoms with van der Waals surface area (Å²) in [7, 11) is 3.19. The number of methoxy groups -OCH3 is 2. The monoisotopic (exact) mass is 1010 g/mol. The van der Waals surface area contributed by atoms with Crippen LogP contribution in [0.5, 0.6) is 0 Å². The van der Waals surface area contributed by atoms with Gasteiger partial charge in [-0.25, -0.2) is 4.79 Å². The lowest BCUT2D eigenvalue weighted by molar-refractivity contribution is -0.413. The maximum Gasteiger partial charge on any atom is 0.332 e. The quantitative estimate of drug-likeness (QED) is 0.0917. The zero-order valence-electron chi connectivity index (χ0n) is 41.9. The van der Waals surface area contributed by atoms with E-state index >= 15 is 0 Å². The number of alkyl halides is 1. The van der Waals surface area contributed by atoms with Crippen LogP contribution in [0.4, 0.5) is 0 Å². The van der Waals surface area contributed by atoms with Gasteiger partial charge in [0.15, 0.2) is 23.5 Å². The van der Waals surface area contributed by atoms with Crippen LogP contribution in [0, 0.1) is 17.8 Å². The number of esters is 1. The van der Waals surface area contributed by atoms with E-state index in [9.17, 15) is 35.1 Å². The summed E-state index contributed by atoms with van der Waals surface area (Å²) in [5, 5.41) is 64.4. The van der Waals surface area contributed by atoms with Gasteiger partial charge in [-0.05, 0) is 95.3 Å². The Kier molecular flexibility index (Phi) is 19.7. The zero-order chi connectivity index (χ0) is 50.4. The van der Waals surface area contributed by atoms with Crippen molar-refractivity contribution in [1.82, 2.24) is 0 Å². The lowest BCUT2D eigenvalue weighted by Crippen LogP contribution is -2.61. The predicted octanol–water partition coefficient (Wildman–Crippen LogP) is 5.74. The second kappa shape index (κ2) is 24.7. The van der Waals surface area contributed by atoms with Gasteiger partial charge in [0.25, 0.3) is 0 Å². The van der Waals surface area contributed by atoms with Gasteiger partial charge >= 0.3 is 11.9 Å². The van der Waals surface area contributed by atoms with Crippen molar-refractivity contribution in [1.29, 1.82) is 0 Å². The topological polar surface area (TPSA) is 239 Å². The van der Waals surface area contributed by atoms with Crippen molar-refractivity contribution >= 4 is 23.5 Å². The fourth-order valence-corrected chi connectivity index (χ4v) is 12.5. The van der Waals surface area contributed by atoms with Crippen LogP contribution in [0.1, 0.15) is 149 Å². The van der Waals surface area contributed by atoms with Crippen LogP contribution in [-0.2, 0) is 52.2 Å². The summed E-state index contributed by atoms with van der Waals surface area (Å²) in [6, 6.07) is 0. The lowest BCUT2D eigenvalue weighted by Gasteiger charge is -2.54. The van der Waals surface area contributed by atoms with Gasteiger partial charge in [-0.3, -0.25) is 4.79 Å². The molecule has 6 N–H and O–H groups in total. The number of aliphatic hydroxyl groups is 5. The van der Waals surface area contributed by atoms with E-state index in [1.54, 1.807) is 26.4 Å². The third-order valence-corrected chi connectivity index (χ3v) is 17.1. The third kappa shape index (κ3) is 13.7. The van der Waals surface area contributed by atoms with E-state index in [1.165, 1.54) is 0 Å². The van der Waals surface area contributed by atoms with Crippen molar-refractivity contribution in [3.05, 3.63) is 24.3 Å². The highest BCUT2D eigenvalue weighted by atomic mass is 35.5. The molecule has 21 atom stereocenters. The number of aliphatic hydroxyl groups excluding tert-OH is 5. The van der Waals surface area contributed by atoms with E-state index in [2.05, 4.69) is 13.8 Å². The Morgan fingerprint density at radius 2 is 1.44 bits per heavy atom. The maximum atomic E-state index is 13.9. The van der Waals surface area contributed by atoms with Crippen LogP contribution in [0.3, 0.4) is 0 Å². The van der Waals surface area contributed by atoms with E-state index in [4.69, 9.17) is 59.3 Å². The van der Waals surface area contributed by atoms with Crippen molar-refractivity contribution in [2.75, 3.05) is 14.2 Å². The summed E-state index contributed by atoms with van der Waals surface area (Å²) < 4.78 is 59.1. The smallest absolute Gasteiger partial charge is 0.332 e. The number of carboxylic acids is 1. The average molecular weight is 1020 g/mol. The molecule has 0 saturated carbocycles. The largest absolute Gasteiger partial charge is 0.479 e. The first-order valence-electron chi connectivity index (χ1n) is 26.3. The maximum absolute atomic E-state index is 13.9. The number of carbonyl (C=O) groups is 2. The molecule has 0 aromatic carbocycles. The van der Waals surface area contributed by atoms with Crippen molar-refractivity contribution < 1.29 is 82.9 Å². The van der Waals surface area contributed by atoms with Gasteiger partial charge in [0.05, 0.1) is 66.7 Å². The molecule has 0 aliphatic carbocycles. The van der Waals surface area contributed by atoms with Gasteiger partial charge in [0.2, 0.25) is 0 Å². The molecule has 3 spiro atoms. The highest BCUT2D eigenvalue weighted by Gasteiger charge is 2.61. The van der Waals surface area contributed by atoms with Crippen LogP contribution in [0.25, 0.3) is 0 Å². The average Bonchev–Trinajstić information content (AvgIpc) is 3.66. The van der Waals surface area contributed by atoms with E-state index in [0.29, 0.717) is 83.5 Å². The highest BCUT2D eigenvalue weighted by Crippen LogP contribution is 2.53. The summed E-state index contributed by atoms with van der Waals surface area (Å²) in [6.07, 6.45) is 5.50. The number of ether oxygens (including phenoxy) is 9. The Morgan fingerprint density at radius 1 is 0.743 bits per heavy atom. The van der Waals surface area contributed by atoms with Crippen LogP contribution in [-0.4, -0.2) is 165 Å². The first-order valence-corrected chi connectivity index (χ1v) is 26.7. The van der Waals surface area contributed by atoms with Crippen molar-refractivity contribution in [2.24, 2.45) is 17.8 Å². The Morgan fingerprint density at radius 3 is 2.20 bits per heavy atom. The molecule has 7 saturated heterocycles. The van der Waals surface area contributed by atoms with Gasteiger partial charge in [-0.1, -0.05) is 45.1 Å². The predicted molar refractivity (Wildman–Crippen MR) is 254 cm³/mol. The molecule has 7 fully saturated rings. The molecule has 17 nitrogen and oxygen atoms in total. The molecule has 0 radical (unpaired) electrons. The molecule has 7 aliphatic heterocycles. The number of rotatable bonds is 9. The first-order chi connectivity index (χ1) is 33.4. The molecule has 0 unspecified atom stereocenters. The number of halogens is 1. The summed E-state index contributed by atoms with van der Waals surface area (Å²) in [6.45, 7) is 6.02. The first kappa shape index (κ1) is 55.9. The van der Waals surface area contributed by atoms with Crippen molar-refractivity contribution in [3.8, 4) is 0 Å². The molecule has 7 aliphatic rings. The molecule has 400 valence electrons. The minimum Gasteiger partial charge on any atom is -0.479 e. The number of carbonyl (C=O) groups excluding carboxylic acids is 1. The van der Waals surface area contributed by atoms with Crippen LogP contribution in [0.15, 0.2) is 24.3 Å². The lowest BCUT2D eigenvalue weighted by atomic mass is 9.81. The van der Waals surface area contributed by atoms with Crippen molar-refractivity contribution in [3.63, 3.8) is 0 Å². The second-order valence-corrected chi connectivity index (χ2v) is 22.3. The summed E-state index contributed by atoms with van der Waals surface area (Å²) >= 11 is 7.15. The molecule has 0 amide bonds. The van der Waals surface area contributed by atoms with Crippen LogP contribution in [0.2, 0.25) is 0 Å². The molecular weight excluding hydrogens is 932 g/mol. The van der Waals surface area contributed by atoms with Gasteiger partial charge in [0, 0.05) is 58.7 Å². The molecule has 7 heterocycles. The molecule has 18 heteroatoms. The Hall–Kier alpha value is -1.81. The molecule has 7 rings (SSSR count). The summed E-state index contributed by atoms with van der Waals surface area (Å²) in [5.74, 6) is -5.55. The van der Waals surface area contributed by atoms with E-state index in [-0.39, 0.29) is 56.1 Å². The van der Waals surface area contributed by atoms with Gasteiger partial charge in [0.1, 0.15) is 24.4 Å². The number of hydrogen-bond donors (Lipinski definition) is 6. The zero-order valence-corrected chi connectivity index (χ0v) is 42.7. The van der Waals surface area contributed by atoms with Gasteiger partial charge in [-0.15, -0.1) is 11.6 Å². The number of fused-ring (bicyclic) bond motifs is 6. The Labute approximate surface area is 418 Å². The molecule has 9 bridgehead atoms. The number of allylic oxidation sites excluding steroid dienone is 2. The number of carboxylic acid groups (broad SMARTS) is 1. The standard InChI is InChI=1S/C52H83ClO17/c1-30-18-21-50-23-20-40(62-4)48(69-50)47(59)46(58)31(2)16-17-39-45(53)43(63-5)28-51(66-39)22-19-32(3)52(70-51)29-42(38(68-52)15-10-8-6-7-9-14-37(56)49(60)61)65-44(57)27-36-13-11-12-35(64-36)25-33(54)24-34(55)26-41(30)67-50/h7-10,30-43,45-48,54-56,58-59H,6,11-29H2,1-5H3,(H,60,61)/b9-7-,10-8+/t30-,31-,32-,33-,34-,35-,36+,37+,38-,39+,40-,41+,42-,43+,45+,46-,47-,48-,50-,51+,52+/m0/s1. The highest BCUT2D eigenvalue weighted by molar-refractivity contribution is 6.21. The fourth-order valence-electron chi connectivity index (χ4n) is 12.1. The molecule has 70 heavy (non-hydrogen) atoms. The molecule has 0 aromatic heterocycles. The Balaban J connectivity index is 1.13. The van der Waals surface area contributed by atoms with Gasteiger partial charge < -0.3 is 73.3 Å². The third-order valence-electron chi connectivity index (χ3n) is 16.5. The van der Waals surface area contributed by atoms with E-state index in [0.717, 1.165) is 12.8 Å². The summed E-state index contributed by atoms with van der Waals surface area (Å²) in [4.78, 5) is 24.9. The molecule has 0 aromatic rings. The Bertz CT molecular complexity index is 1750.